The summed E-state index contributed by atoms with van der Waals surface area (Å²) < 4.78 is 0. The number of benzene rings is 1. The van der Waals surface area contributed by atoms with Crippen LogP contribution in [0.25, 0.3) is 0 Å². The molecule has 0 radical (unpaired) electrons. The van der Waals surface area contributed by atoms with Gasteiger partial charge in [0.25, 0.3) is 0 Å². The van der Waals surface area contributed by atoms with E-state index in [2.05, 4.69) is 17.2 Å². The summed E-state index contributed by atoms with van der Waals surface area (Å²) >= 11 is 5.90. The average Bonchev–Trinajstić information content (AvgIpc) is 2.25. The third kappa shape index (κ3) is 4.04. The summed E-state index contributed by atoms with van der Waals surface area (Å²) in [5.74, 6) is -0.0881. The number of nitrogens with one attached hydrogen (secondary N) is 2. The summed E-state index contributed by atoms with van der Waals surface area (Å²) in [4.78, 5) is 11.2. The van der Waals surface area contributed by atoms with Crippen molar-refractivity contribution in [1.82, 2.24) is 5.32 Å². The standard InChI is InChI=1S/C11H13ClN2O/c1-2-7-13-11(15)8-14-10-6-4-3-5-9(10)12/h2-6,14H,1,7-8H2,(H,13,15). The maximum Gasteiger partial charge on any atom is 0.239 e. The molecule has 0 unspecified atom stereocenters. The molecule has 0 aliphatic rings. The van der Waals surface area contributed by atoms with E-state index < -0.39 is 0 Å². The SMILES string of the molecule is C=CCNC(=O)CNc1ccccc1Cl. The molecule has 0 aliphatic heterocycles. The van der Waals surface area contributed by atoms with E-state index in [-0.39, 0.29) is 12.5 Å². The van der Waals surface area contributed by atoms with Gasteiger partial charge in [0.05, 0.1) is 17.3 Å². The molecule has 0 saturated carbocycles. The fourth-order valence-corrected chi connectivity index (χ4v) is 1.23. The minimum Gasteiger partial charge on any atom is -0.375 e. The van der Waals surface area contributed by atoms with Crippen LogP contribution in [0.4, 0.5) is 5.69 Å². The smallest absolute Gasteiger partial charge is 0.239 e. The van der Waals surface area contributed by atoms with Crippen molar-refractivity contribution in [2.75, 3.05) is 18.4 Å². The van der Waals surface area contributed by atoms with Gasteiger partial charge in [-0.05, 0) is 12.1 Å². The first kappa shape index (κ1) is 11.6. The molecule has 15 heavy (non-hydrogen) atoms. The third-order valence-corrected chi connectivity index (χ3v) is 2.09. The molecule has 1 aromatic rings. The highest BCUT2D eigenvalue weighted by molar-refractivity contribution is 6.33. The minimum absolute atomic E-state index is 0.0881. The molecule has 0 heterocycles. The van der Waals surface area contributed by atoms with Crippen molar-refractivity contribution in [1.29, 1.82) is 0 Å². The predicted molar refractivity (Wildman–Crippen MR) is 63.1 cm³/mol. The van der Waals surface area contributed by atoms with Gasteiger partial charge < -0.3 is 10.6 Å². The van der Waals surface area contributed by atoms with Gasteiger partial charge in [0.15, 0.2) is 0 Å². The first-order chi connectivity index (χ1) is 7.24. The summed E-state index contributed by atoms with van der Waals surface area (Å²) in [7, 11) is 0. The van der Waals surface area contributed by atoms with Crippen LogP contribution < -0.4 is 10.6 Å². The number of hydrogen-bond acceptors (Lipinski definition) is 2. The molecule has 0 saturated heterocycles. The molecule has 1 aromatic carbocycles. The van der Waals surface area contributed by atoms with E-state index in [0.717, 1.165) is 5.69 Å². The van der Waals surface area contributed by atoms with E-state index in [4.69, 9.17) is 11.6 Å². The van der Waals surface area contributed by atoms with Crippen molar-refractivity contribution in [2.24, 2.45) is 0 Å². The van der Waals surface area contributed by atoms with E-state index in [1.807, 2.05) is 18.2 Å². The van der Waals surface area contributed by atoms with Crippen LogP contribution in [0.2, 0.25) is 5.02 Å². The lowest BCUT2D eigenvalue weighted by molar-refractivity contribution is -0.119. The molecule has 0 fully saturated rings. The largest absolute Gasteiger partial charge is 0.375 e. The van der Waals surface area contributed by atoms with Crippen LogP contribution in [0, 0.1) is 0 Å². The van der Waals surface area contributed by atoms with Crippen molar-refractivity contribution in [3.63, 3.8) is 0 Å². The molecule has 80 valence electrons. The maximum absolute atomic E-state index is 11.2. The predicted octanol–water partition coefficient (Wildman–Crippen LogP) is 2.05. The number of hydrogen-bond donors (Lipinski definition) is 2. The van der Waals surface area contributed by atoms with Crippen LogP contribution in [0.15, 0.2) is 36.9 Å². The summed E-state index contributed by atoms with van der Waals surface area (Å²) in [5.41, 5.74) is 0.757. The zero-order valence-corrected chi connectivity index (χ0v) is 9.05. The first-order valence-electron chi connectivity index (χ1n) is 4.60. The lowest BCUT2D eigenvalue weighted by atomic mass is 10.3. The molecule has 0 aliphatic carbocycles. The van der Waals surface area contributed by atoms with Crippen molar-refractivity contribution >= 4 is 23.2 Å². The maximum atomic E-state index is 11.2. The average molecular weight is 225 g/mol. The Balaban J connectivity index is 2.40. The van der Waals surface area contributed by atoms with Gasteiger partial charge in [0.1, 0.15) is 0 Å². The Hall–Kier alpha value is -1.48. The van der Waals surface area contributed by atoms with E-state index in [9.17, 15) is 4.79 Å². The molecule has 3 nitrogen and oxygen atoms in total. The van der Waals surface area contributed by atoms with Crippen LogP contribution in [0.3, 0.4) is 0 Å². The molecule has 1 amide bonds. The second kappa shape index (κ2) is 6.09. The van der Waals surface area contributed by atoms with Gasteiger partial charge in [0, 0.05) is 6.54 Å². The van der Waals surface area contributed by atoms with Crippen LogP contribution in [0.5, 0.6) is 0 Å². The molecule has 0 aromatic heterocycles. The highest BCUT2D eigenvalue weighted by Crippen LogP contribution is 2.19. The molecular formula is C11H13ClN2O. The highest BCUT2D eigenvalue weighted by atomic mass is 35.5. The Morgan fingerprint density at radius 2 is 2.20 bits per heavy atom. The molecule has 0 spiro atoms. The topological polar surface area (TPSA) is 41.1 Å². The van der Waals surface area contributed by atoms with Crippen LogP contribution in [0.1, 0.15) is 0 Å². The van der Waals surface area contributed by atoms with Gasteiger partial charge in [-0.2, -0.15) is 0 Å². The number of carbonyl (C=O) groups excluding carboxylic acids is 1. The van der Waals surface area contributed by atoms with Crippen molar-refractivity contribution < 1.29 is 4.79 Å². The molecule has 0 bridgehead atoms. The monoisotopic (exact) mass is 224 g/mol. The number of carbonyl (C=O) groups is 1. The zero-order valence-electron chi connectivity index (χ0n) is 8.29. The summed E-state index contributed by atoms with van der Waals surface area (Å²) in [6.07, 6.45) is 1.63. The summed E-state index contributed by atoms with van der Waals surface area (Å²) in [6.45, 7) is 4.19. The second-order valence-electron chi connectivity index (χ2n) is 2.93. The van der Waals surface area contributed by atoms with Gasteiger partial charge in [-0.15, -0.1) is 6.58 Å². The fourth-order valence-electron chi connectivity index (χ4n) is 1.03. The van der Waals surface area contributed by atoms with E-state index in [1.54, 1.807) is 12.1 Å². The van der Waals surface area contributed by atoms with E-state index in [0.29, 0.717) is 11.6 Å². The van der Waals surface area contributed by atoms with Crippen molar-refractivity contribution in [3.8, 4) is 0 Å². The molecule has 4 heteroatoms. The first-order valence-corrected chi connectivity index (χ1v) is 4.98. The zero-order chi connectivity index (χ0) is 11.1. The lowest BCUT2D eigenvalue weighted by Gasteiger charge is -2.07. The second-order valence-corrected chi connectivity index (χ2v) is 3.33. The number of rotatable bonds is 5. The number of halogens is 1. The Bertz CT molecular complexity index is 352. The number of amides is 1. The van der Waals surface area contributed by atoms with Gasteiger partial charge in [-0.3, -0.25) is 4.79 Å². The van der Waals surface area contributed by atoms with Crippen molar-refractivity contribution in [3.05, 3.63) is 41.9 Å². The normalized spacial score (nSPS) is 9.40. The Morgan fingerprint density at radius 1 is 1.47 bits per heavy atom. The number of para-hydroxylation sites is 1. The van der Waals surface area contributed by atoms with Crippen molar-refractivity contribution in [2.45, 2.75) is 0 Å². The molecule has 0 atom stereocenters. The minimum atomic E-state index is -0.0881. The molecular weight excluding hydrogens is 212 g/mol. The Kier molecular flexibility index (Phi) is 4.71. The highest BCUT2D eigenvalue weighted by Gasteiger charge is 2.01. The lowest BCUT2D eigenvalue weighted by Crippen LogP contribution is -2.29. The van der Waals surface area contributed by atoms with Gasteiger partial charge in [-0.1, -0.05) is 29.8 Å². The van der Waals surface area contributed by atoms with Crippen LogP contribution in [-0.2, 0) is 4.79 Å². The fraction of sp³-hybridized carbons (Fsp3) is 0.182. The van der Waals surface area contributed by atoms with Gasteiger partial charge in [0.2, 0.25) is 5.91 Å². The quantitative estimate of drug-likeness (QED) is 0.752. The third-order valence-electron chi connectivity index (χ3n) is 1.76. The number of anilines is 1. The van der Waals surface area contributed by atoms with E-state index >= 15 is 0 Å². The summed E-state index contributed by atoms with van der Waals surface area (Å²) in [6, 6.07) is 7.29. The Labute approximate surface area is 94.1 Å². The van der Waals surface area contributed by atoms with Crippen LogP contribution in [-0.4, -0.2) is 19.0 Å². The Morgan fingerprint density at radius 3 is 2.87 bits per heavy atom. The summed E-state index contributed by atoms with van der Waals surface area (Å²) in [5, 5.41) is 6.21. The van der Waals surface area contributed by atoms with Gasteiger partial charge in [-0.25, -0.2) is 0 Å². The van der Waals surface area contributed by atoms with Crippen LogP contribution >= 0.6 is 11.6 Å². The molecule has 2 N–H and O–H groups in total. The van der Waals surface area contributed by atoms with Gasteiger partial charge >= 0.3 is 0 Å². The molecule has 1 rings (SSSR count). The van der Waals surface area contributed by atoms with E-state index in [1.165, 1.54) is 0 Å².